The highest BCUT2D eigenvalue weighted by Gasteiger charge is 2.55. The predicted molar refractivity (Wildman–Crippen MR) is 96.5 cm³/mol. The number of carbonyl (C=O) groups excluding carboxylic acids is 1. The van der Waals surface area contributed by atoms with Crippen LogP contribution in [0.15, 0.2) is 24.3 Å². The molecule has 0 unspecified atom stereocenters. The Morgan fingerprint density at radius 1 is 1.24 bits per heavy atom. The number of ether oxygens (including phenoxy) is 2. The van der Waals surface area contributed by atoms with Gasteiger partial charge in [0, 0.05) is 18.9 Å². The standard InChI is InChI=1S/C21H30O4/c1-14(23)25-20-9-8-19-18(11-13-22)17(10-12-21(19,20)2)15-4-6-16(24-3)7-5-15/h4-7,17-20,22H,8-13H2,1-3H3/t17-,18+,19+,20+,21+/m1/s1. The smallest absolute Gasteiger partial charge is 0.302 e. The predicted octanol–water partition coefficient (Wildman–Crippen LogP) is 3.92. The van der Waals surface area contributed by atoms with Gasteiger partial charge in [0.2, 0.25) is 0 Å². The molecule has 1 aromatic carbocycles. The van der Waals surface area contributed by atoms with Crippen molar-refractivity contribution < 1.29 is 19.4 Å². The Bertz CT molecular complexity index is 596. The molecule has 5 atom stereocenters. The first-order valence-electron chi connectivity index (χ1n) is 9.41. The van der Waals surface area contributed by atoms with E-state index in [1.54, 1.807) is 7.11 Å². The molecule has 0 bridgehead atoms. The van der Waals surface area contributed by atoms with Crippen molar-refractivity contribution in [1.29, 1.82) is 0 Å². The van der Waals surface area contributed by atoms with E-state index in [1.165, 1.54) is 12.5 Å². The average molecular weight is 346 g/mol. The third-order valence-electron chi connectivity index (χ3n) is 6.66. The summed E-state index contributed by atoms with van der Waals surface area (Å²) in [5.41, 5.74) is 1.37. The fraction of sp³-hybridized carbons (Fsp3) is 0.667. The Balaban J connectivity index is 1.85. The lowest BCUT2D eigenvalue weighted by molar-refractivity contribution is -0.154. The Hall–Kier alpha value is -1.55. The van der Waals surface area contributed by atoms with Gasteiger partial charge in [-0.1, -0.05) is 19.1 Å². The second kappa shape index (κ2) is 7.36. The molecule has 2 fully saturated rings. The van der Waals surface area contributed by atoms with Gasteiger partial charge in [-0.3, -0.25) is 4.79 Å². The largest absolute Gasteiger partial charge is 0.497 e. The van der Waals surface area contributed by atoms with E-state index in [2.05, 4.69) is 19.1 Å². The van der Waals surface area contributed by atoms with Gasteiger partial charge in [0.1, 0.15) is 11.9 Å². The van der Waals surface area contributed by atoms with E-state index < -0.39 is 0 Å². The Morgan fingerprint density at radius 3 is 2.56 bits per heavy atom. The lowest BCUT2D eigenvalue weighted by Crippen LogP contribution is -2.44. The van der Waals surface area contributed by atoms with Crippen molar-refractivity contribution in [1.82, 2.24) is 0 Å². The van der Waals surface area contributed by atoms with Crippen LogP contribution in [0.3, 0.4) is 0 Å². The number of methoxy groups -OCH3 is 1. The minimum atomic E-state index is -0.178. The molecule has 0 aromatic heterocycles. The van der Waals surface area contributed by atoms with Crippen LogP contribution in [-0.4, -0.2) is 30.9 Å². The molecule has 3 rings (SSSR count). The van der Waals surface area contributed by atoms with Gasteiger partial charge < -0.3 is 14.6 Å². The molecular formula is C21H30O4. The van der Waals surface area contributed by atoms with Gasteiger partial charge in [-0.05, 0) is 67.6 Å². The maximum atomic E-state index is 11.5. The quantitative estimate of drug-likeness (QED) is 0.821. The fourth-order valence-corrected chi connectivity index (χ4v) is 5.45. The van der Waals surface area contributed by atoms with Gasteiger partial charge in [0.15, 0.2) is 0 Å². The van der Waals surface area contributed by atoms with Crippen LogP contribution >= 0.6 is 0 Å². The molecule has 2 saturated carbocycles. The number of rotatable bonds is 5. The molecule has 1 aromatic rings. The first-order chi connectivity index (χ1) is 12.0. The lowest BCUT2D eigenvalue weighted by atomic mass is 9.58. The van der Waals surface area contributed by atoms with Crippen molar-refractivity contribution in [3.05, 3.63) is 29.8 Å². The van der Waals surface area contributed by atoms with Crippen LogP contribution in [0.2, 0.25) is 0 Å². The van der Waals surface area contributed by atoms with Crippen molar-refractivity contribution in [2.75, 3.05) is 13.7 Å². The van der Waals surface area contributed by atoms with Crippen LogP contribution in [0.5, 0.6) is 5.75 Å². The van der Waals surface area contributed by atoms with E-state index in [9.17, 15) is 9.90 Å². The Morgan fingerprint density at radius 2 is 1.96 bits per heavy atom. The molecule has 0 heterocycles. The van der Waals surface area contributed by atoms with Gasteiger partial charge in [0.25, 0.3) is 0 Å². The molecule has 25 heavy (non-hydrogen) atoms. The highest BCUT2D eigenvalue weighted by atomic mass is 16.5. The summed E-state index contributed by atoms with van der Waals surface area (Å²) in [6, 6.07) is 8.37. The van der Waals surface area contributed by atoms with Gasteiger partial charge in [-0.15, -0.1) is 0 Å². The van der Waals surface area contributed by atoms with Crippen molar-refractivity contribution in [3.63, 3.8) is 0 Å². The van der Waals surface area contributed by atoms with Crippen molar-refractivity contribution in [2.45, 2.75) is 58.0 Å². The maximum Gasteiger partial charge on any atom is 0.302 e. The van der Waals surface area contributed by atoms with Crippen LogP contribution in [0.4, 0.5) is 0 Å². The minimum absolute atomic E-state index is 0.0213. The van der Waals surface area contributed by atoms with Gasteiger partial charge >= 0.3 is 5.97 Å². The number of hydrogen-bond donors (Lipinski definition) is 1. The Labute approximate surface area is 150 Å². The molecule has 2 aliphatic rings. The van der Waals surface area contributed by atoms with E-state index in [0.29, 0.717) is 17.8 Å². The SMILES string of the molecule is COc1ccc([C@H]2CC[C@]3(C)[C@@H](OC(C)=O)CC[C@H]3[C@H]2CCO)cc1. The highest BCUT2D eigenvalue weighted by molar-refractivity contribution is 5.66. The molecular weight excluding hydrogens is 316 g/mol. The van der Waals surface area contributed by atoms with Crippen LogP contribution in [-0.2, 0) is 9.53 Å². The van der Waals surface area contributed by atoms with Crippen LogP contribution < -0.4 is 4.74 Å². The normalized spacial score (nSPS) is 34.4. The number of hydrogen-bond acceptors (Lipinski definition) is 4. The lowest BCUT2D eigenvalue weighted by Gasteiger charge is -2.48. The number of aliphatic hydroxyl groups excluding tert-OH is 1. The zero-order chi connectivity index (χ0) is 18.0. The van der Waals surface area contributed by atoms with Crippen LogP contribution in [0.25, 0.3) is 0 Å². The molecule has 4 nitrogen and oxygen atoms in total. The zero-order valence-corrected chi connectivity index (χ0v) is 15.5. The molecule has 4 heteroatoms. The van der Waals surface area contributed by atoms with Crippen LogP contribution in [0, 0.1) is 17.3 Å². The summed E-state index contributed by atoms with van der Waals surface area (Å²) in [6.07, 6.45) is 4.98. The summed E-state index contributed by atoms with van der Waals surface area (Å²) in [7, 11) is 1.68. The number of benzene rings is 1. The highest BCUT2D eigenvalue weighted by Crippen LogP contribution is 2.59. The molecule has 138 valence electrons. The number of carbonyl (C=O) groups is 1. The zero-order valence-electron chi connectivity index (χ0n) is 15.5. The number of aliphatic hydroxyl groups is 1. The van der Waals surface area contributed by atoms with Crippen molar-refractivity contribution in [2.24, 2.45) is 17.3 Å². The molecule has 0 amide bonds. The average Bonchev–Trinajstić information content (AvgIpc) is 2.92. The molecule has 0 radical (unpaired) electrons. The minimum Gasteiger partial charge on any atom is -0.497 e. The second-order valence-electron chi connectivity index (χ2n) is 7.88. The molecule has 1 N–H and O–H groups in total. The van der Waals surface area contributed by atoms with E-state index >= 15 is 0 Å². The van der Waals surface area contributed by atoms with E-state index in [-0.39, 0.29) is 24.1 Å². The van der Waals surface area contributed by atoms with Gasteiger partial charge in [0.05, 0.1) is 7.11 Å². The monoisotopic (exact) mass is 346 g/mol. The van der Waals surface area contributed by atoms with Gasteiger partial charge in [-0.25, -0.2) is 0 Å². The first-order valence-corrected chi connectivity index (χ1v) is 9.41. The van der Waals surface area contributed by atoms with E-state index in [0.717, 1.165) is 37.9 Å². The Kier molecular flexibility index (Phi) is 5.38. The van der Waals surface area contributed by atoms with Crippen molar-refractivity contribution in [3.8, 4) is 5.75 Å². The van der Waals surface area contributed by atoms with E-state index in [1.807, 2.05) is 12.1 Å². The molecule has 2 aliphatic carbocycles. The maximum absolute atomic E-state index is 11.5. The summed E-state index contributed by atoms with van der Waals surface area (Å²) in [5, 5.41) is 9.68. The van der Waals surface area contributed by atoms with Gasteiger partial charge in [-0.2, -0.15) is 0 Å². The number of fused-ring (bicyclic) bond motifs is 1. The third-order valence-corrected chi connectivity index (χ3v) is 6.66. The molecule has 0 spiro atoms. The third kappa shape index (κ3) is 3.41. The van der Waals surface area contributed by atoms with Crippen molar-refractivity contribution >= 4 is 5.97 Å². The summed E-state index contributed by atoms with van der Waals surface area (Å²) in [4.78, 5) is 11.5. The molecule has 0 saturated heterocycles. The van der Waals surface area contributed by atoms with E-state index in [4.69, 9.17) is 9.47 Å². The number of esters is 1. The summed E-state index contributed by atoms with van der Waals surface area (Å²) in [5.74, 6) is 2.07. The summed E-state index contributed by atoms with van der Waals surface area (Å²) < 4.78 is 10.9. The second-order valence-corrected chi connectivity index (χ2v) is 7.88. The summed E-state index contributed by atoms with van der Waals surface area (Å²) in [6.45, 7) is 4.00. The van der Waals surface area contributed by atoms with Crippen LogP contribution in [0.1, 0.15) is 57.4 Å². The summed E-state index contributed by atoms with van der Waals surface area (Å²) >= 11 is 0. The first kappa shape index (κ1) is 18.2. The fourth-order valence-electron chi connectivity index (χ4n) is 5.45. The topological polar surface area (TPSA) is 55.8 Å². The molecule has 0 aliphatic heterocycles.